The first-order valence-electron chi connectivity index (χ1n) is 4.69. The van der Waals surface area contributed by atoms with Crippen molar-refractivity contribution in [1.82, 2.24) is 5.32 Å². The maximum absolute atomic E-state index is 4.57. The highest BCUT2D eigenvalue weighted by molar-refractivity contribution is 7.78. The van der Waals surface area contributed by atoms with Gasteiger partial charge in [0, 0.05) is 13.0 Å². The molecule has 0 aliphatic carbocycles. The van der Waals surface area contributed by atoms with Gasteiger partial charge in [-0.05, 0) is 31.4 Å². The molecule has 0 spiro atoms. The van der Waals surface area contributed by atoms with Crippen LogP contribution in [0, 0.1) is 11.8 Å². The number of hydrogen-bond donors (Lipinski definition) is 1. The van der Waals surface area contributed by atoms with Crippen LogP contribution in [-0.4, -0.2) is 18.8 Å². The number of thiocarbonyl (C=S) groups is 1. The van der Waals surface area contributed by atoms with Crippen molar-refractivity contribution >= 4 is 23.1 Å². The summed E-state index contributed by atoms with van der Waals surface area (Å²) in [4.78, 5) is 3.95. The normalized spacial score (nSPS) is 8.60. The smallest absolute Gasteiger partial charge is 0.0895 e. The topological polar surface area (TPSA) is 24.4 Å². The number of isothiocyanates is 1. The minimum absolute atomic E-state index is 0.782. The van der Waals surface area contributed by atoms with Gasteiger partial charge < -0.3 is 5.32 Å². The fraction of sp³-hybridized carbons (Fsp3) is 0.250. The Balaban J connectivity index is 2.82. The maximum Gasteiger partial charge on any atom is 0.0895 e. The summed E-state index contributed by atoms with van der Waals surface area (Å²) in [5.41, 5.74) is 1.68. The summed E-state index contributed by atoms with van der Waals surface area (Å²) in [6, 6.07) is 7.65. The van der Waals surface area contributed by atoms with Crippen molar-refractivity contribution in [1.29, 1.82) is 0 Å². The fourth-order valence-corrected chi connectivity index (χ4v) is 1.17. The third kappa shape index (κ3) is 4.05. The quantitative estimate of drug-likeness (QED) is 0.363. The third-order valence-corrected chi connectivity index (χ3v) is 1.88. The molecular formula is C12H12N2S. The van der Waals surface area contributed by atoms with Crippen molar-refractivity contribution in [2.75, 3.05) is 13.6 Å². The van der Waals surface area contributed by atoms with Crippen molar-refractivity contribution < 1.29 is 0 Å². The van der Waals surface area contributed by atoms with Crippen LogP contribution in [0.15, 0.2) is 29.3 Å². The van der Waals surface area contributed by atoms with E-state index in [0.717, 1.165) is 24.2 Å². The molecule has 1 aromatic carbocycles. The van der Waals surface area contributed by atoms with E-state index in [1.165, 1.54) is 0 Å². The first kappa shape index (κ1) is 11.6. The molecule has 0 unspecified atom stereocenters. The predicted octanol–water partition coefficient (Wildman–Crippen LogP) is 2.38. The van der Waals surface area contributed by atoms with Gasteiger partial charge in [0.2, 0.25) is 0 Å². The molecule has 1 N–H and O–H groups in total. The Kier molecular flexibility index (Phi) is 5.35. The van der Waals surface area contributed by atoms with Gasteiger partial charge in [0.25, 0.3) is 0 Å². The summed E-state index contributed by atoms with van der Waals surface area (Å²) in [5, 5.41) is 5.39. The maximum atomic E-state index is 4.57. The van der Waals surface area contributed by atoms with E-state index in [0.29, 0.717) is 0 Å². The SMILES string of the molecule is CNCCC#Cc1ccccc1N=C=S. The highest BCUT2D eigenvalue weighted by Gasteiger charge is 1.94. The number of nitrogens with zero attached hydrogens (tertiary/aromatic N) is 1. The van der Waals surface area contributed by atoms with E-state index in [1.54, 1.807) is 0 Å². The lowest BCUT2D eigenvalue weighted by Gasteiger charge is -1.94. The predicted molar refractivity (Wildman–Crippen MR) is 66.5 cm³/mol. The van der Waals surface area contributed by atoms with E-state index in [2.05, 4.69) is 39.5 Å². The van der Waals surface area contributed by atoms with E-state index in [1.807, 2.05) is 31.3 Å². The number of aliphatic imine (C=N–C) groups is 1. The molecule has 1 aromatic rings. The molecule has 0 aliphatic heterocycles. The van der Waals surface area contributed by atoms with Crippen LogP contribution in [0.5, 0.6) is 0 Å². The summed E-state index contributed by atoms with van der Waals surface area (Å²) in [7, 11) is 1.91. The van der Waals surface area contributed by atoms with Crippen LogP contribution in [0.3, 0.4) is 0 Å². The summed E-state index contributed by atoms with van der Waals surface area (Å²) < 4.78 is 0. The van der Waals surface area contributed by atoms with Crippen LogP contribution in [0.4, 0.5) is 5.69 Å². The summed E-state index contributed by atoms with van der Waals surface area (Å²) >= 11 is 4.57. The molecule has 0 aliphatic rings. The van der Waals surface area contributed by atoms with E-state index in [9.17, 15) is 0 Å². The zero-order valence-electron chi connectivity index (χ0n) is 8.58. The Morgan fingerprint density at radius 3 is 2.93 bits per heavy atom. The Hall–Kier alpha value is -1.46. The Bertz CT molecular complexity index is 423. The molecule has 3 heteroatoms. The van der Waals surface area contributed by atoms with Crippen molar-refractivity contribution in [2.24, 2.45) is 4.99 Å². The molecular weight excluding hydrogens is 204 g/mol. The van der Waals surface area contributed by atoms with Crippen LogP contribution in [0.1, 0.15) is 12.0 Å². The Morgan fingerprint density at radius 1 is 1.40 bits per heavy atom. The average molecular weight is 216 g/mol. The molecule has 0 heterocycles. The standard InChI is InChI=1S/C12H12N2S/c1-13-9-5-4-7-11-6-2-3-8-12(11)14-10-15/h2-3,6,8,13H,5,9H2,1H3. The van der Waals surface area contributed by atoms with Crippen LogP contribution >= 0.6 is 12.2 Å². The van der Waals surface area contributed by atoms with Crippen molar-refractivity contribution in [3.8, 4) is 11.8 Å². The second kappa shape index (κ2) is 6.92. The molecule has 0 aromatic heterocycles. The minimum atomic E-state index is 0.782. The molecule has 76 valence electrons. The van der Waals surface area contributed by atoms with Crippen molar-refractivity contribution in [2.45, 2.75) is 6.42 Å². The summed E-state index contributed by atoms with van der Waals surface area (Å²) in [6.07, 6.45) is 0.826. The third-order valence-electron chi connectivity index (χ3n) is 1.79. The molecule has 0 fully saturated rings. The lowest BCUT2D eigenvalue weighted by molar-refractivity contribution is 0.818. The minimum Gasteiger partial charge on any atom is -0.319 e. The summed E-state index contributed by atoms with van der Waals surface area (Å²) in [6.45, 7) is 0.894. The van der Waals surface area contributed by atoms with E-state index in [4.69, 9.17) is 0 Å². The van der Waals surface area contributed by atoms with E-state index < -0.39 is 0 Å². The molecule has 0 atom stereocenters. The van der Waals surface area contributed by atoms with Crippen LogP contribution in [0.25, 0.3) is 0 Å². The molecule has 0 saturated carbocycles. The van der Waals surface area contributed by atoms with Crippen LogP contribution in [-0.2, 0) is 0 Å². The van der Waals surface area contributed by atoms with Gasteiger partial charge in [-0.1, -0.05) is 24.0 Å². The largest absolute Gasteiger partial charge is 0.319 e. The molecule has 15 heavy (non-hydrogen) atoms. The molecule has 1 rings (SSSR count). The first-order chi connectivity index (χ1) is 7.38. The van der Waals surface area contributed by atoms with E-state index >= 15 is 0 Å². The Labute approximate surface area is 95.4 Å². The monoisotopic (exact) mass is 216 g/mol. The van der Waals surface area contributed by atoms with Gasteiger partial charge in [-0.25, -0.2) is 0 Å². The zero-order valence-corrected chi connectivity index (χ0v) is 9.40. The summed E-state index contributed by atoms with van der Waals surface area (Å²) in [5.74, 6) is 6.13. The first-order valence-corrected chi connectivity index (χ1v) is 5.09. The second-order valence-electron chi connectivity index (χ2n) is 2.88. The molecule has 2 nitrogen and oxygen atoms in total. The van der Waals surface area contributed by atoms with Crippen molar-refractivity contribution in [3.63, 3.8) is 0 Å². The van der Waals surface area contributed by atoms with Crippen molar-refractivity contribution in [3.05, 3.63) is 29.8 Å². The van der Waals surface area contributed by atoms with Gasteiger partial charge in [-0.2, -0.15) is 4.99 Å². The van der Waals surface area contributed by atoms with Gasteiger partial charge >= 0.3 is 0 Å². The number of rotatable bonds is 3. The second-order valence-corrected chi connectivity index (χ2v) is 3.06. The van der Waals surface area contributed by atoms with E-state index in [-0.39, 0.29) is 0 Å². The van der Waals surface area contributed by atoms with Gasteiger partial charge in [0.15, 0.2) is 0 Å². The van der Waals surface area contributed by atoms with Gasteiger partial charge in [-0.15, -0.1) is 0 Å². The number of para-hydroxylation sites is 1. The number of benzene rings is 1. The average Bonchev–Trinajstić information content (AvgIpc) is 2.27. The molecule has 0 bridgehead atoms. The van der Waals surface area contributed by atoms with Crippen LogP contribution in [0.2, 0.25) is 0 Å². The molecule has 0 amide bonds. The van der Waals surface area contributed by atoms with Crippen LogP contribution < -0.4 is 5.32 Å². The van der Waals surface area contributed by atoms with Gasteiger partial charge in [0.05, 0.1) is 16.4 Å². The molecule has 0 saturated heterocycles. The van der Waals surface area contributed by atoms with Gasteiger partial charge in [0.1, 0.15) is 0 Å². The highest BCUT2D eigenvalue weighted by Crippen LogP contribution is 2.16. The lowest BCUT2D eigenvalue weighted by Crippen LogP contribution is -2.05. The van der Waals surface area contributed by atoms with Gasteiger partial charge in [-0.3, -0.25) is 0 Å². The number of nitrogens with one attached hydrogen (secondary N) is 1. The number of hydrogen-bond acceptors (Lipinski definition) is 3. The zero-order chi connectivity index (χ0) is 10.9. The molecule has 0 radical (unpaired) electrons. The highest BCUT2D eigenvalue weighted by atomic mass is 32.1. The Morgan fingerprint density at radius 2 is 2.20 bits per heavy atom. The lowest BCUT2D eigenvalue weighted by atomic mass is 10.2. The fourth-order valence-electron chi connectivity index (χ4n) is 1.07.